The van der Waals surface area contributed by atoms with E-state index in [4.69, 9.17) is 10.1 Å². The molecule has 4 heteroatoms. The van der Waals surface area contributed by atoms with E-state index in [1.807, 2.05) is 20.8 Å². The Kier molecular flexibility index (Phi) is 3.72. The number of hydrogen-bond acceptors (Lipinski definition) is 3. The maximum absolute atomic E-state index is 11.4. The van der Waals surface area contributed by atoms with Gasteiger partial charge >= 0.3 is 6.09 Å². The van der Waals surface area contributed by atoms with E-state index in [9.17, 15) is 4.79 Å². The van der Waals surface area contributed by atoms with Crippen molar-refractivity contribution >= 4 is 11.8 Å². The van der Waals surface area contributed by atoms with Crippen molar-refractivity contribution in [1.29, 1.82) is 5.41 Å². The van der Waals surface area contributed by atoms with E-state index in [0.717, 1.165) is 25.0 Å². The highest BCUT2D eigenvalue weighted by molar-refractivity contribution is 5.83. The van der Waals surface area contributed by atoms with Crippen molar-refractivity contribution in [3.63, 3.8) is 0 Å². The van der Waals surface area contributed by atoms with Gasteiger partial charge in [-0.05, 0) is 40.0 Å². The number of nitrogens with one attached hydrogen (secondary N) is 2. The lowest BCUT2D eigenvalue weighted by Crippen LogP contribution is -2.41. The van der Waals surface area contributed by atoms with Crippen LogP contribution >= 0.6 is 0 Å². The number of hydrogen-bond donors (Lipinski definition) is 2. The van der Waals surface area contributed by atoms with Crippen molar-refractivity contribution in [3.05, 3.63) is 0 Å². The van der Waals surface area contributed by atoms with Crippen molar-refractivity contribution in [2.75, 3.05) is 0 Å². The molecule has 0 aromatic heterocycles. The first-order valence-corrected chi connectivity index (χ1v) is 5.42. The predicted molar refractivity (Wildman–Crippen MR) is 59.4 cm³/mol. The van der Waals surface area contributed by atoms with Gasteiger partial charge in [-0.2, -0.15) is 0 Å². The maximum Gasteiger partial charge on any atom is 0.407 e. The first kappa shape index (κ1) is 12.0. The van der Waals surface area contributed by atoms with Gasteiger partial charge in [-0.3, -0.25) is 0 Å². The summed E-state index contributed by atoms with van der Waals surface area (Å²) in [6.07, 6.45) is 3.09. The summed E-state index contributed by atoms with van der Waals surface area (Å²) in [5.41, 5.74) is 0.272. The van der Waals surface area contributed by atoms with E-state index in [2.05, 4.69) is 5.32 Å². The Bertz CT molecular complexity index is 256. The van der Waals surface area contributed by atoms with Crippen LogP contribution in [0.1, 0.15) is 46.5 Å². The zero-order valence-corrected chi connectivity index (χ0v) is 9.72. The molecule has 1 aliphatic carbocycles. The highest BCUT2D eigenvalue weighted by Gasteiger charge is 2.22. The van der Waals surface area contributed by atoms with Gasteiger partial charge in [0.05, 0.1) is 0 Å². The molecule has 15 heavy (non-hydrogen) atoms. The molecule has 0 radical (unpaired) electrons. The van der Waals surface area contributed by atoms with Gasteiger partial charge in [-0.1, -0.05) is 0 Å². The van der Waals surface area contributed by atoms with E-state index in [1.165, 1.54) is 0 Å². The van der Waals surface area contributed by atoms with Crippen molar-refractivity contribution < 1.29 is 9.53 Å². The number of ether oxygens (including phenoxy) is 1. The third-order valence-corrected chi connectivity index (χ3v) is 2.24. The van der Waals surface area contributed by atoms with Gasteiger partial charge in [0.25, 0.3) is 0 Å². The van der Waals surface area contributed by atoms with Gasteiger partial charge in [0.2, 0.25) is 0 Å². The van der Waals surface area contributed by atoms with Gasteiger partial charge in [-0.15, -0.1) is 0 Å². The molecular formula is C11H20N2O2. The Morgan fingerprint density at radius 2 is 2.20 bits per heavy atom. The Morgan fingerprint density at radius 3 is 2.73 bits per heavy atom. The van der Waals surface area contributed by atoms with Crippen LogP contribution in [0.25, 0.3) is 0 Å². The summed E-state index contributed by atoms with van der Waals surface area (Å²) in [6, 6.07) is 0.0844. The first-order valence-electron chi connectivity index (χ1n) is 5.42. The lowest BCUT2D eigenvalue weighted by atomic mass is 9.94. The molecule has 1 fully saturated rings. The van der Waals surface area contributed by atoms with E-state index < -0.39 is 5.60 Å². The van der Waals surface area contributed by atoms with Crippen LogP contribution in [-0.2, 0) is 4.74 Å². The maximum atomic E-state index is 11.4. The summed E-state index contributed by atoms with van der Waals surface area (Å²) in [5, 5.41) is 10.4. The monoisotopic (exact) mass is 212 g/mol. The Balaban J connectivity index is 2.34. The third kappa shape index (κ3) is 4.81. The number of alkyl carbamates (subject to hydrolysis) is 1. The molecule has 0 aliphatic heterocycles. The minimum absolute atomic E-state index is 0.0844. The summed E-state index contributed by atoms with van der Waals surface area (Å²) >= 11 is 0. The molecule has 0 spiro atoms. The first-order chi connectivity index (χ1) is 6.87. The van der Waals surface area contributed by atoms with Crippen molar-refractivity contribution in [1.82, 2.24) is 5.32 Å². The van der Waals surface area contributed by atoms with Gasteiger partial charge in [0.15, 0.2) is 0 Å². The van der Waals surface area contributed by atoms with Gasteiger partial charge < -0.3 is 15.5 Å². The molecule has 4 nitrogen and oxygen atoms in total. The zero-order chi connectivity index (χ0) is 11.5. The standard InChI is InChI=1S/C11H20N2O2/c1-11(2,3)15-10(14)13-9-6-4-5-8(12)7-9/h9,12H,4-7H2,1-3H3,(H,13,14). The number of carbonyl (C=O) groups excluding carboxylic acids is 1. The van der Waals surface area contributed by atoms with E-state index in [1.54, 1.807) is 0 Å². The smallest absolute Gasteiger partial charge is 0.407 e. The fraction of sp³-hybridized carbons (Fsp3) is 0.818. The van der Waals surface area contributed by atoms with Crippen LogP contribution in [-0.4, -0.2) is 23.4 Å². The van der Waals surface area contributed by atoms with Crippen LogP contribution in [0, 0.1) is 5.41 Å². The fourth-order valence-electron chi connectivity index (χ4n) is 1.66. The van der Waals surface area contributed by atoms with Crippen molar-refractivity contribution in [2.45, 2.75) is 58.1 Å². The van der Waals surface area contributed by atoms with Gasteiger partial charge in [0.1, 0.15) is 5.60 Å². The number of rotatable bonds is 1. The molecule has 2 N–H and O–H groups in total. The van der Waals surface area contributed by atoms with E-state index in [0.29, 0.717) is 6.42 Å². The molecule has 1 unspecified atom stereocenters. The second kappa shape index (κ2) is 4.64. The summed E-state index contributed by atoms with van der Waals surface area (Å²) in [5.74, 6) is 0. The van der Waals surface area contributed by atoms with Crippen LogP contribution in [0.4, 0.5) is 4.79 Å². The molecule has 1 rings (SSSR count). The second-order valence-electron chi connectivity index (χ2n) is 5.04. The SMILES string of the molecule is CC(C)(C)OC(=O)NC1CCCC(=N)C1. The molecule has 1 aliphatic rings. The quantitative estimate of drug-likeness (QED) is 0.701. The van der Waals surface area contributed by atoms with Crippen LogP contribution in [0.3, 0.4) is 0 Å². The summed E-state index contributed by atoms with van der Waals surface area (Å²) in [6.45, 7) is 5.53. The second-order valence-corrected chi connectivity index (χ2v) is 5.04. The van der Waals surface area contributed by atoms with Gasteiger partial charge in [0, 0.05) is 18.2 Å². The molecule has 0 aromatic rings. The minimum atomic E-state index is -0.452. The molecule has 1 saturated carbocycles. The number of amides is 1. The molecule has 0 heterocycles. The molecule has 86 valence electrons. The zero-order valence-electron chi connectivity index (χ0n) is 9.72. The molecule has 0 bridgehead atoms. The van der Waals surface area contributed by atoms with Crippen molar-refractivity contribution in [3.8, 4) is 0 Å². The average Bonchev–Trinajstić information content (AvgIpc) is 1.99. The largest absolute Gasteiger partial charge is 0.444 e. The molecular weight excluding hydrogens is 192 g/mol. The summed E-state index contributed by atoms with van der Waals surface area (Å²) in [7, 11) is 0. The Morgan fingerprint density at radius 1 is 1.53 bits per heavy atom. The Labute approximate surface area is 90.9 Å². The van der Waals surface area contributed by atoms with Crippen LogP contribution in [0.5, 0.6) is 0 Å². The van der Waals surface area contributed by atoms with Crippen LogP contribution in [0.15, 0.2) is 0 Å². The lowest BCUT2D eigenvalue weighted by Gasteiger charge is -2.26. The van der Waals surface area contributed by atoms with Crippen LogP contribution < -0.4 is 5.32 Å². The normalized spacial score (nSPS) is 22.3. The van der Waals surface area contributed by atoms with E-state index in [-0.39, 0.29) is 12.1 Å². The molecule has 1 amide bonds. The lowest BCUT2D eigenvalue weighted by molar-refractivity contribution is 0.0501. The Hall–Kier alpha value is -1.06. The predicted octanol–water partition coefficient (Wildman–Crippen LogP) is 2.47. The van der Waals surface area contributed by atoms with E-state index >= 15 is 0 Å². The molecule has 1 atom stereocenters. The fourth-order valence-corrected chi connectivity index (χ4v) is 1.66. The average molecular weight is 212 g/mol. The highest BCUT2D eigenvalue weighted by Crippen LogP contribution is 2.15. The van der Waals surface area contributed by atoms with Crippen LogP contribution in [0.2, 0.25) is 0 Å². The van der Waals surface area contributed by atoms with Crippen molar-refractivity contribution in [2.24, 2.45) is 0 Å². The summed E-state index contributed by atoms with van der Waals surface area (Å²) in [4.78, 5) is 11.4. The third-order valence-electron chi connectivity index (χ3n) is 2.24. The molecule has 0 aromatic carbocycles. The highest BCUT2D eigenvalue weighted by atomic mass is 16.6. The topological polar surface area (TPSA) is 62.2 Å². The minimum Gasteiger partial charge on any atom is -0.444 e. The van der Waals surface area contributed by atoms with Gasteiger partial charge in [-0.25, -0.2) is 4.79 Å². The number of carbonyl (C=O) groups is 1. The summed E-state index contributed by atoms with van der Waals surface area (Å²) < 4.78 is 5.16. The molecule has 0 saturated heterocycles.